The SMILES string of the molecule is Nc1nc2c(ncn2[C@@H]2[C@H]3C[C@@]45CO[PH](=O)O[C@H]6[C@@H](O)[C@H](n7cnc8c(N)ncnc87)[C@H]7CC76COP(=O)(O)O[C@@H]2[C@]4(O)[C@@H]35)c(=O)[nH]1. The molecule has 8 N–H and O–H groups in total. The first kappa shape index (κ1) is 28.7. The number of hydrogen-bond acceptors (Lipinski definition) is 16. The van der Waals surface area contributed by atoms with Crippen LogP contribution in [-0.4, -0.2) is 91.3 Å². The number of aromatic amines is 1. The molecular weight excluding hydrogens is 662 g/mol. The lowest BCUT2D eigenvalue weighted by Gasteiger charge is -2.45. The summed E-state index contributed by atoms with van der Waals surface area (Å²) in [5.41, 5.74) is 8.42. The first-order valence-electron chi connectivity index (χ1n) is 15.0. The predicted molar refractivity (Wildman–Crippen MR) is 156 cm³/mol. The quantitative estimate of drug-likeness (QED) is 0.141. The highest BCUT2D eigenvalue weighted by atomic mass is 31.2. The lowest BCUT2D eigenvalue weighted by atomic mass is 9.68. The summed E-state index contributed by atoms with van der Waals surface area (Å²) in [7, 11) is -8.16. The van der Waals surface area contributed by atoms with Crippen LogP contribution in [0.4, 0.5) is 11.8 Å². The number of H-pyrrole nitrogens is 1. The Kier molecular flexibility index (Phi) is 5.38. The summed E-state index contributed by atoms with van der Waals surface area (Å²) in [4.78, 5) is 47.0. The lowest BCUT2D eigenvalue weighted by Crippen LogP contribution is -2.49. The van der Waals surface area contributed by atoms with Gasteiger partial charge >= 0.3 is 16.1 Å². The van der Waals surface area contributed by atoms with E-state index < -0.39 is 81.0 Å². The number of aromatic nitrogens is 8. The number of rotatable bonds is 2. The highest BCUT2D eigenvalue weighted by molar-refractivity contribution is 7.47. The average molecular weight is 691 g/mol. The maximum atomic E-state index is 13.7. The molecule has 4 aromatic heterocycles. The van der Waals surface area contributed by atoms with Crippen LogP contribution in [0.1, 0.15) is 24.9 Å². The van der Waals surface area contributed by atoms with Gasteiger partial charge in [0.25, 0.3) is 5.56 Å². The van der Waals surface area contributed by atoms with Gasteiger partial charge in [0.15, 0.2) is 22.6 Å². The minimum atomic E-state index is -4.92. The third-order valence-corrected chi connectivity index (χ3v) is 13.5. The number of anilines is 2. The minimum absolute atomic E-state index is 0.00332. The molecule has 47 heavy (non-hydrogen) atoms. The van der Waals surface area contributed by atoms with E-state index in [9.17, 15) is 29.0 Å². The number of nitrogen functional groups attached to an aromatic ring is 2. The molecule has 5 aliphatic carbocycles. The molecular formula is C25H28N10O10P2. The average Bonchev–Trinajstić information content (AvgIpc) is 3.38. The molecule has 4 aromatic rings. The second kappa shape index (κ2) is 8.82. The molecule has 13 atom stereocenters. The number of nitrogens with zero attached hydrogens (tertiary/aromatic N) is 7. The maximum absolute atomic E-state index is 13.7. The molecule has 10 rings (SSSR count). The predicted octanol–water partition coefficient (Wildman–Crippen LogP) is -0.725. The summed E-state index contributed by atoms with van der Waals surface area (Å²) in [5.74, 6) is -1.10. The van der Waals surface area contributed by atoms with E-state index >= 15 is 0 Å². The van der Waals surface area contributed by atoms with Gasteiger partial charge in [0, 0.05) is 16.7 Å². The molecule has 0 bridgehead atoms. The summed E-state index contributed by atoms with van der Waals surface area (Å²) in [6, 6.07) is -1.45. The third kappa shape index (κ3) is 3.42. The van der Waals surface area contributed by atoms with Gasteiger partial charge in [-0.05, 0) is 24.7 Å². The van der Waals surface area contributed by atoms with Crippen LogP contribution in [0.5, 0.6) is 0 Å². The largest absolute Gasteiger partial charge is 0.472 e. The number of nitrogens with two attached hydrogens (primary N) is 2. The van der Waals surface area contributed by atoms with Crippen LogP contribution in [0.25, 0.3) is 22.3 Å². The molecule has 1 aliphatic heterocycles. The van der Waals surface area contributed by atoms with E-state index in [0.29, 0.717) is 24.0 Å². The van der Waals surface area contributed by atoms with Gasteiger partial charge in [0.1, 0.15) is 35.8 Å². The molecule has 1 saturated heterocycles. The summed E-state index contributed by atoms with van der Waals surface area (Å²) < 4.78 is 53.4. The van der Waals surface area contributed by atoms with Crippen LogP contribution in [0, 0.1) is 28.6 Å². The van der Waals surface area contributed by atoms with Crippen molar-refractivity contribution in [3.05, 3.63) is 29.3 Å². The first-order chi connectivity index (χ1) is 22.4. The van der Waals surface area contributed by atoms with E-state index in [-0.39, 0.29) is 41.4 Å². The molecule has 0 aromatic carbocycles. The Balaban J connectivity index is 1.01. The molecule has 0 amide bonds. The summed E-state index contributed by atoms with van der Waals surface area (Å²) >= 11 is 0. The Labute approximate surface area is 263 Å². The van der Waals surface area contributed by atoms with Crippen LogP contribution < -0.4 is 17.0 Å². The van der Waals surface area contributed by atoms with E-state index in [4.69, 9.17) is 29.6 Å². The fourth-order valence-corrected chi connectivity index (χ4v) is 11.8. The van der Waals surface area contributed by atoms with E-state index in [0.717, 1.165) is 0 Å². The van der Waals surface area contributed by atoms with Crippen molar-refractivity contribution in [3.8, 4) is 0 Å². The van der Waals surface area contributed by atoms with E-state index in [1.165, 1.54) is 23.5 Å². The van der Waals surface area contributed by atoms with Crippen molar-refractivity contribution >= 4 is 50.2 Å². The number of phosphoric acid groups is 1. The number of aliphatic hydroxyl groups is 2. The van der Waals surface area contributed by atoms with Gasteiger partial charge in [-0.2, -0.15) is 4.98 Å². The third-order valence-electron chi connectivity index (χ3n) is 11.7. The van der Waals surface area contributed by atoms with E-state index in [2.05, 4.69) is 29.9 Å². The summed E-state index contributed by atoms with van der Waals surface area (Å²) in [5, 5.41) is 23.6. The van der Waals surface area contributed by atoms with E-state index in [1.54, 1.807) is 4.57 Å². The van der Waals surface area contributed by atoms with Gasteiger partial charge in [-0.15, -0.1) is 0 Å². The highest BCUT2D eigenvalue weighted by Gasteiger charge is 2.94. The summed E-state index contributed by atoms with van der Waals surface area (Å²) in [6.07, 6.45) is 1.20. The van der Waals surface area contributed by atoms with Gasteiger partial charge in [0.2, 0.25) is 5.95 Å². The summed E-state index contributed by atoms with van der Waals surface area (Å²) in [6.45, 7) is -0.579. The smallest absolute Gasteiger partial charge is 0.388 e. The van der Waals surface area contributed by atoms with Crippen LogP contribution >= 0.6 is 16.1 Å². The van der Waals surface area contributed by atoms with Crippen LogP contribution in [0.2, 0.25) is 0 Å². The highest BCUT2D eigenvalue weighted by Crippen LogP contribution is 2.87. The lowest BCUT2D eigenvalue weighted by molar-refractivity contribution is -0.0870. The van der Waals surface area contributed by atoms with Crippen molar-refractivity contribution < 1.29 is 42.3 Å². The van der Waals surface area contributed by atoms with Crippen molar-refractivity contribution in [2.75, 3.05) is 24.7 Å². The number of aliphatic hydroxyl groups excluding tert-OH is 1. The standard InChI is InChI=1S/C25H28N10O10P2/c26-18-10-19(29-5-28-18)35(6-30-10)13-9-2-23(9)3-43-47(40,41)45-16-12(34-7-31-11-20(34)32-22(27)33-21(11)37)8-1-24(15(8)25(16,24)38)4-42-46(39)44-17(23)14(13)36/h5-9,12-17,36,38,46H,1-4H2,(H,40,41)(H2,26,28,29)(H3,27,32,33,37)/t8-,9-,12-,13-,14+,15+,16+,17+,23?,24+,25-/m1/s1. The van der Waals surface area contributed by atoms with Gasteiger partial charge in [-0.25, -0.2) is 24.5 Å². The number of nitrogens with one attached hydrogen (secondary N) is 1. The molecule has 5 saturated carbocycles. The van der Waals surface area contributed by atoms with Gasteiger partial charge < -0.3 is 44.8 Å². The molecule has 6 aliphatic rings. The second-order valence-electron chi connectivity index (χ2n) is 13.5. The van der Waals surface area contributed by atoms with Crippen molar-refractivity contribution in [3.63, 3.8) is 0 Å². The van der Waals surface area contributed by atoms with Crippen LogP contribution in [-0.2, 0) is 27.2 Å². The Morgan fingerprint density at radius 1 is 1.04 bits per heavy atom. The Hall–Kier alpha value is -3.32. The molecule has 3 unspecified atom stereocenters. The van der Waals surface area contributed by atoms with Gasteiger partial charge in [-0.1, -0.05) is 0 Å². The van der Waals surface area contributed by atoms with Crippen LogP contribution in [0.3, 0.4) is 0 Å². The Bertz CT molecular complexity index is 2180. The van der Waals surface area contributed by atoms with Crippen molar-refractivity contribution in [1.82, 2.24) is 39.0 Å². The van der Waals surface area contributed by atoms with Gasteiger partial charge in [0.05, 0.1) is 38.0 Å². The van der Waals surface area contributed by atoms with Crippen molar-refractivity contribution in [1.29, 1.82) is 0 Å². The first-order valence-corrected chi connectivity index (χ1v) is 17.7. The van der Waals surface area contributed by atoms with Crippen molar-refractivity contribution in [2.24, 2.45) is 28.6 Å². The molecule has 6 fully saturated rings. The Morgan fingerprint density at radius 2 is 1.81 bits per heavy atom. The number of hydrogen-bond donors (Lipinski definition) is 6. The van der Waals surface area contributed by atoms with E-state index in [1.807, 2.05) is 0 Å². The maximum Gasteiger partial charge on any atom is 0.472 e. The molecule has 248 valence electrons. The Morgan fingerprint density at radius 3 is 2.62 bits per heavy atom. The van der Waals surface area contributed by atoms with Gasteiger partial charge in [-0.3, -0.25) is 23.4 Å². The van der Waals surface area contributed by atoms with Crippen LogP contribution in [0.15, 0.2) is 23.8 Å². The fourth-order valence-electron chi connectivity index (χ4n) is 9.70. The molecule has 0 radical (unpaired) electrons. The normalized spacial score (nSPS) is 46.5. The number of fused-ring (bicyclic) bond motifs is 2. The number of phosphoric ester groups is 1. The topological polar surface area (TPSA) is 291 Å². The fraction of sp³-hybridized carbons (Fsp3) is 0.600. The minimum Gasteiger partial charge on any atom is -0.388 e. The zero-order valence-corrected chi connectivity index (χ0v) is 26.0. The molecule has 2 spiro atoms. The number of imidazole rings is 2. The zero-order chi connectivity index (χ0) is 32.4. The molecule has 22 heteroatoms. The van der Waals surface area contributed by atoms with Crippen molar-refractivity contribution in [2.45, 2.75) is 48.8 Å². The zero-order valence-electron chi connectivity index (χ0n) is 24.1. The molecule has 5 heterocycles. The monoisotopic (exact) mass is 690 g/mol. The molecule has 20 nitrogen and oxygen atoms in total. The second-order valence-corrected chi connectivity index (χ2v) is 16.0.